The largest absolute Gasteiger partial charge is 0.507 e. The molecule has 378 valence electrons. The van der Waals surface area contributed by atoms with Crippen LogP contribution in [0.1, 0.15) is 145 Å². The first-order chi connectivity index (χ1) is 32.7. The normalized spacial score (nSPS) is 11.2. The van der Waals surface area contributed by atoms with Gasteiger partial charge in [0.25, 0.3) is 0 Å². The van der Waals surface area contributed by atoms with E-state index in [1.807, 2.05) is 36.4 Å². The molecule has 0 aliphatic heterocycles. The van der Waals surface area contributed by atoms with Crippen molar-refractivity contribution in [2.75, 3.05) is 41.2 Å². The summed E-state index contributed by atoms with van der Waals surface area (Å²) in [6, 6.07) is 17.8. The van der Waals surface area contributed by atoms with E-state index >= 15 is 0 Å². The van der Waals surface area contributed by atoms with Crippen molar-refractivity contribution in [1.29, 1.82) is 0 Å². The first kappa shape index (κ1) is 60.1. The fourth-order valence-electron chi connectivity index (χ4n) is 6.39. The summed E-state index contributed by atoms with van der Waals surface area (Å²) < 4.78 is 30.5. The quantitative estimate of drug-likeness (QED) is 0.0363. The number of methoxy groups -OCH3 is 3. The number of phenolic OH excluding ortho intramolecular Hbond substituents is 2. The van der Waals surface area contributed by atoms with Crippen molar-refractivity contribution in [1.82, 2.24) is 15.0 Å². The lowest BCUT2D eigenvalue weighted by Gasteiger charge is -2.16. The van der Waals surface area contributed by atoms with Gasteiger partial charge in [0, 0.05) is 38.5 Å². The molecule has 0 amide bonds. The predicted octanol–water partition coefficient (Wildman–Crippen LogP) is 12.8. The van der Waals surface area contributed by atoms with Crippen LogP contribution in [0.25, 0.3) is 34.2 Å². The summed E-state index contributed by atoms with van der Waals surface area (Å²) >= 11 is 0. The van der Waals surface area contributed by atoms with Crippen LogP contribution < -0.4 is 14.2 Å². The van der Waals surface area contributed by atoms with Crippen molar-refractivity contribution < 1.29 is 53.0 Å². The van der Waals surface area contributed by atoms with Gasteiger partial charge in [-0.1, -0.05) is 105 Å². The van der Waals surface area contributed by atoms with E-state index in [0.717, 1.165) is 50.5 Å². The Kier molecular flexibility index (Phi) is 32.0. The Hall–Kier alpha value is -5.92. The third kappa shape index (κ3) is 25.3. The molecule has 4 rings (SSSR count). The van der Waals surface area contributed by atoms with Gasteiger partial charge in [0.1, 0.15) is 28.7 Å². The average Bonchev–Trinajstić information content (AvgIpc) is 3.34. The molecule has 1 aromatic heterocycles. The van der Waals surface area contributed by atoms with Crippen molar-refractivity contribution in [3.05, 3.63) is 60.7 Å². The van der Waals surface area contributed by atoms with Crippen molar-refractivity contribution in [2.45, 2.75) is 145 Å². The molecule has 0 spiro atoms. The maximum atomic E-state index is 11.1. The van der Waals surface area contributed by atoms with Gasteiger partial charge in [0.05, 0.1) is 52.3 Å². The zero-order valence-electron chi connectivity index (χ0n) is 42.9. The topological polar surface area (TPSA) is 186 Å². The monoisotopic (exact) mass is 948 g/mol. The zero-order chi connectivity index (χ0) is 50.7. The Morgan fingerprint density at radius 2 is 0.912 bits per heavy atom. The number of aromatic hydroxyl groups is 2. The highest BCUT2D eigenvalue weighted by Crippen LogP contribution is 2.36. The van der Waals surface area contributed by atoms with E-state index in [1.165, 1.54) is 79.9 Å². The van der Waals surface area contributed by atoms with Crippen LogP contribution in [-0.2, 0) is 28.6 Å². The molecule has 0 aliphatic carbocycles. The summed E-state index contributed by atoms with van der Waals surface area (Å²) in [6.45, 7) is 16.9. The fraction of sp³-hybridized carbons (Fsp3) is 0.556. The maximum Gasteiger partial charge on any atom is 0.302 e. The number of hydrogen-bond donors (Lipinski definition) is 2. The van der Waals surface area contributed by atoms with Gasteiger partial charge < -0.3 is 38.6 Å². The Labute approximate surface area is 406 Å². The van der Waals surface area contributed by atoms with Crippen LogP contribution in [0.3, 0.4) is 0 Å². The van der Waals surface area contributed by atoms with Crippen LogP contribution in [0.15, 0.2) is 60.7 Å². The van der Waals surface area contributed by atoms with Crippen LogP contribution in [0.2, 0.25) is 0 Å². The minimum absolute atomic E-state index is 0.00143. The number of hydrogen-bond acceptors (Lipinski definition) is 14. The average molecular weight is 948 g/mol. The van der Waals surface area contributed by atoms with Crippen LogP contribution in [0.5, 0.6) is 28.7 Å². The number of nitrogens with zero attached hydrogens (tertiary/aromatic N) is 3. The molecule has 0 bridgehead atoms. The molecule has 0 fully saturated rings. The number of rotatable bonds is 25. The Morgan fingerprint density at radius 3 is 1.28 bits per heavy atom. The van der Waals surface area contributed by atoms with Crippen LogP contribution >= 0.6 is 0 Å². The van der Waals surface area contributed by atoms with E-state index in [9.17, 15) is 24.6 Å². The number of unbranched alkanes of at least 4 members (excludes halogenated alkanes) is 7. The summed E-state index contributed by atoms with van der Waals surface area (Å²) in [7, 11) is 4.31. The minimum Gasteiger partial charge on any atom is -0.507 e. The van der Waals surface area contributed by atoms with E-state index in [2.05, 4.69) is 44.1 Å². The predicted molar refractivity (Wildman–Crippen MR) is 269 cm³/mol. The number of benzene rings is 3. The van der Waals surface area contributed by atoms with Crippen LogP contribution in [-0.4, -0.2) is 84.2 Å². The smallest absolute Gasteiger partial charge is 0.302 e. The summed E-state index contributed by atoms with van der Waals surface area (Å²) in [5.41, 5.74) is 1.60. The molecular weight excluding hydrogens is 867 g/mol. The lowest BCUT2D eigenvalue weighted by molar-refractivity contribution is -0.141. The van der Waals surface area contributed by atoms with Crippen molar-refractivity contribution in [3.8, 4) is 62.9 Å². The first-order valence-electron chi connectivity index (χ1n) is 24.2. The number of phenols is 2. The van der Waals surface area contributed by atoms with Gasteiger partial charge in [-0.25, -0.2) is 15.0 Å². The fourth-order valence-corrected chi connectivity index (χ4v) is 6.39. The summed E-state index contributed by atoms with van der Waals surface area (Å²) in [6.07, 6.45) is 16.4. The minimum atomic E-state index is -0.245. The van der Waals surface area contributed by atoms with Gasteiger partial charge in [-0.2, -0.15) is 0 Å². The van der Waals surface area contributed by atoms with Gasteiger partial charge >= 0.3 is 17.9 Å². The van der Waals surface area contributed by atoms with Crippen molar-refractivity contribution in [2.24, 2.45) is 11.8 Å². The zero-order valence-corrected chi connectivity index (χ0v) is 42.9. The highest BCUT2D eigenvalue weighted by Gasteiger charge is 2.19. The number of ether oxygens (including phenoxy) is 6. The summed E-state index contributed by atoms with van der Waals surface area (Å²) in [5.74, 6) is 3.12. The van der Waals surface area contributed by atoms with Gasteiger partial charge in [-0.3, -0.25) is 14.4 Å². The van der Waals surface area contributed by atoms with Gasteiger partial charge in [-0.15, -0.1) is 0 Å². The van der Waals surface area contributed by atoms with E-state index in [-0.39, 0.29) is 41.1 Å². The number of carbonyl (C=O) groups excluding carboxylic acids is 3. The second-order valence-corrected chi connectivity index (χ2v) is 16.3. The Bertz CT molecular complexity index is 1910. The summed E-state index contributed by atoms with van der Waals surface area (Å²) in [4.78, 5) is 43.7. The molecular formula is C54H81N3O11. The van der Waals surface area contributed by atoms with E-state index in [4.69, 9.17) is 33.9 Å². The highest BCUT2D eigenvalue weighted by atomic mass is 16.5. The molecule has 14 nitrogen and oxygen atoms in total. The molecule has 0 saturated carbocycles. The second-order valence-electron chi connectivity index (χ2n) is 16.3. The van der Waals surface area contributed by atoms with E-state index in [1.54, 1.807) is 31.4 Å². The highest BCUT2D eigenvalue weighted by molar-refractivity contribution is 5.73. The molecule has 68 heavy (non-hydrogen) atoms. The summed E-state index contributed by atoms with van der Waals surface area (Å²) in [5, 5.41) is 22.2. The van der Waals surface area contributed by atoms with Gasteiger partial charge in [0.2, 0.25) is 0 Å². The molecule has 2 atom stereocenters. The standard InChI is InChI=1S/C38H49N3O5.C10H20O2.2C3H6O2/c1-6-10-12-26(8-3)24-45-30-18-20-32(34(42)22-30)37-39-36(28-14-16-29(44-5)17-15-28)40-38(41-37)33-21-19-31(23-35(33)43)46-25-27(9-4)13-11-7-2;1-3-4-5-6-7-8-9-12-10(2)11;2*1-3(4)5-2/h14-23,26-27,42-43H,6-13,24-25H2,1-5H3;3-9H2,1-2H3;2*1-2H3. The molecule has 0 saturated heterocycles. The molecule has 0 aliphatic rings. The first-order valence-corrected chi connectivity index (χ1v) is 24.2. The van der Waals surface area contributed by atoms with E-state index < -0.39 is 0 Å². The SMILES string of the molecule is CCCCC(CC)COc1ccc(-c2nc(-c3ccc(OC)cc3)nc(-c3ccc(OCC(CC)CCCC)cc3O)n2)c(O)c1.CCCCCCCCOC(C)=O.COC(C)=O.COC(C)=O. The third-order valence-electron chi connectivity index (χ3n) is 10.8. The third-order valence-corrected chi connectivity index (χ3v) is 10.8. The number of esters is 3. The van der Waals surface area contributed by atoms with Gasteiger partial charge in [-0.05, 0) is 79.6 Å². The molecule has 2 unspecified atom stereocenters. The molecule has 1 heterocycles. The van der Waals surface area contributed by atoms with Gasteiger partial charge in [0.15, 0.2) is 17.5 Å². The molecule has 3 aromatic carbocycles. The Balaban J connectivity index is 0.000000867. The number of carbonyl (C=O) groups is 3. The van der Waals surface area contributed by atoms with Crippen molar-refractivity contribution >= 4 is 17.9 Å². The van der Waals surface area contributed by atoms with Crippen LogP contribution in [0, 0.1) is 11.8 Å². The lowest BCUT2D eigenvalue weighted by atomic mass is 10.0. The van der Waals surface area contributed by atoms with Crippen LogP contribution in [0.4, 0.5) is 0 Å². The number of aromatic nitrogens is 3. The van der Waals surface area contributed by atoms with Crippen molar-refractivity contribution in [3.63, 3.8) is 0 Å². The molecule has 14 heteroatoms. The molecule has 4 aromatic rings. The molecule has 2 N–H and O–H groups in total. The van der Waals surface area contributed by atoms with E-state index in [0.29, 0.717) is 65.9 Å². The second kappa shape index (κ2) is 36.2. The lowest BCUT2D eigenvalue weighted by Crippen LogP contribution is -2.11. The Morgan fingerprint density at radius 1 is 0.515 bits per heavy atom. The molecule has 0 radical (unpaired) electrons. The maximum absolute atomic E-state index is 11.1.